The molecule has 1 aromatic heterocycles. The number of rotatable bonds is 8. The van der Waals surface area contributed by atoms with E-state index in [1.165, 1.54) is 18.4 Å². The van der Waals surface area contributed by atoms with Crippen molar-refractivity contribution in [1.29, 1.82) is 5.26 Å². The third-order valence-corrected chi connectivity index (χ3v) is 5.35. The number of carbonyl (C=O) groups excluding carboxylic acids is 1. The number of thiazole rings is 1. The summed E-state index contributed by atoms with van der Waals surface area (Å²) in [6, 6.07) is 14.8. The number of nitrogens with zero attached hydrogens (tertiary/aromatic N) is 2. The fourth-order valence-corrected chi connectivity index (χ4v) is 3.66. The summed E-state index contributed by atoms with van der Waals surface area (Å²) in [6.45, 7) is 2.28. The summed E-state index contributed by atoms with van der Waals surface area (Å²) in [5.74, 6) is 0.709. The van der Waals surface area contributed by atoms with Gasteiger partial charge in [0.1, 0.15) is 11.1 Å². The number of ether oxygens (including phenoxy) is 2. The second kappa shape index (κ2) is 10.6. The summed E-state index contributed by atoms with van der Waals surface area (Å²) in [5.41, 5.74) is 2.90. The average molecular weight is 454 g/mol. The maximum absolute atomic E-state index is 11.6. The van der Waals surface area contributed by atoms with Crippen LogP contribution in [0.1, 0.15) is 17.5 Å². The maximum atomic E-state index is 11.6. The Morgan fingerprint density at radius 2 is 2.03 bits per heavy atom. The maximum Gasteiger partial charge on any atom is 0.257 e. The van der Waals surface area contributed by atoms with Gasteiger partial charge in [-0.05, 0) is 42.8 Å². The quantitative estimate of drug-likeness (QED) is 0.482. The first-order valence-corrected chi connectivity index (χ1v) is 10.7. The van der Waals surface area contributed by atoms with Crippen LogP contribution in [0.4, 0.5) is 0 Å². The Balaban J connectivity index is 1.81. The average Bonchev–Trinajstić information content (AvgIpc) is 3.27. The third-order valence-electron chi connectivity index (χ3n) is 4.23. The Labute approximate surface area is 189 Å². The number of allylic oxidation sites excluding steroid dienone is 1. The highest BCUT2D eigenvalue weighted by molar-refractivity contribution is 7.11. The molecule has 0 aliphatic rings. The molecule has 0 aliphatic heterocycles. The standard InChI is InChI=1S/C23H20ClN3O3S/c1-3-26-22(28)13-30-20-9-4-15(11-21(20)29-2)10-17(12-25)23-27-19(14-31-23)16-5-7-18(24)8-6-16/h4-11,14H,3,13H2,1-2H3,(H,26,28)/b17-10+. The molecule has 1 heterocycles. The largest absolute Gasteiger partial charge is 0.493 e. The van der Waals surface area contributed by atoms with Crippen molar-refractivity contribution < 1.29 is 14.3 Å². The van der Waals surface area contributed by atoms with Gasteiger partial charge in [-0.25, -0.2) is 4.98 Å². The van der Waals surface area contributed by atoms with Gasteiger partial charge in [0.05, 0.1) is 18.4 Å². The number of hydrogen-bond donors (Lipinski definition) is 1. The Kier molecular flexibility index (Phi) is 7.65. The monoisotopic (exact) mass is 453 g/mol. The minimum absolute atomic E-state index is 0.102. The molecular weight excluding hydrogens is 434 g/mol. The molecule has 31 heavy (non-hydrogen) atoms. The van der Waals surface area contributed by atoms with Crippen LogP contribution in [-0.2, 0) is 4.79 Å². The van der Waals surface area contributed by atoms with E-state index in [1.54, 1.807) is 36.4 Å². The van der Waals surface area contributed by atoms with Crippen molar-refractivity contribution >= 4 is 40.5 Å². The van der Waals surface area contributed by atoms with Crippen LogP contribution < -0.4 is 14.8 Å². The zero-order valence-electron chi connectivity index (χ0n) is 17.0. The van der Waals surface area contributed by atoms with Crippen molar-refractivity contribution in [1.82, 2.24) is 10.3 Å². The number of likely N-dealkylation sites (N-methyl/N-ethyl adjacent to an activating group) is 1. The van der Waals surface area contributed by atoms with Crippen molar-refractivity contribution in [2.75, 3.05) is 20.3 Å². The van der Waals surface area contributed by atoms with Crippen LogP contribution in [0.15, 0.2) is 47.8 Å². The van der Waals surface area contributed by atoms with E-state index in [-0.39, 0.29) is 12.5 Å². The van der Waals surface area contributed by atoms with Gasteiger partial charge >= 0.3 is 0 Å². The molecule has 0 bridgehead atoms. The molecule has 0 atom stereocenters. The predicted octanol–water partition coefficient (Wildman–Crippen LogP) is 5.05. The summed E-state index contributed by atoms with van der Waals surface area (Å²) in [4.78, 5) is 16.2. The molecule has 158 valence electrons. The van der Waals surface area contributed by atoms with Gasteiger partial charge in [0.15, 0.2) is 18.1 Å². The van der Waals surface area contributed by atoms with Crippen molar-refractivity contribution in [2.45, 2.75) is 6.92 Å². The Hall–Kier alpha value is -3.34. The minimum Gasteiger partial charge on any atom is -0.493 e. The first-order chi connectivity index (χ1) is 15.0. The van der Waals surface area contributed by atoms with Crippen molar-refractivity contribution in [3.05, 3.63) is 63.4 Å². The van der Waals surface area contributed by atoms with Gasteiger partial charge in [-0.15, -0.1) is 11.3 Å². The summed E-state index contributed by atoms with van der Waals surface area (Å²) in [5, 5.41) is 15.5. The number of aromatic nitrogens is 1. The number of halogens is 1. The number of methoxy groups -OCH3 is 1. The molecule has 0 unspecified atom stereocenters. The summed E-state index contributed by atoms with van der Waals surface area (Å²) < 4.78 is 10.9. The van der Waals surface area contributed by atoms with Gasteiger partial charge in [0.2, 0.25) is 0 Å². The van der Waals surface area contributed by atoms with Crippen LogP contribution in [0.5, 0.6) is 11.5 Å². The topological polar surface area (TPSA) is 84.2 Å². The first kappa shape index (κ1) is 22.3. The number of carbonyl (C=O) groups is 1. The highest BCUT2D eigenvalue weighted by Crippen LogP contribution is 2.31. The SMILES string of the molecule is CCNC(=O)COc1ccc(/C=C(\C#N)c2nc(-c3ccc(Cl)cc3)cs2)cc1OC. The van der Waals surface area contributed by atoms with Gasteiger partial charge in [-0.2, -0.15) is 5.26 Å². The van der Waals surface area contributed by atoms with Gasteiger partial charge in [-0.3, -0.25) is 4.79 Å². The van der Waals surface area contributed by atoms with E-state index in [0.29, 0.717) is 33.6 Å². The van der Waals surface area contributed by atoms with E-state index in [9.17, 15) is 10.1 Å². The van der Waals surface area contributed by atoms with E-state index < -0.39 is 0 Å². The molecule has 0 fully saturated rings. The van der Waals surface area contributed by atoms with Crippen LogP contribution in [0.2, 0.25) is 5.02 Å². The van der Waals surface area contributed by atoms with Gasteiger partial charge < -0.3 is 14.8 Å². The molecule has 0 radical (unpaired) electrons. The van der Waals surface area contributed by atoms with E-state index in [0.717, 1.165) is 16.8 Å². The fourth-order valence-electron chi connectivity index (χ4n) is 2.74. The molecule has 8 heteroatoms. The Bertz CT molecular complexity index is 1130. The normalized spacial score (nSPS) is 11.0. The molecule has 3 aromatic rings. The van der Waals surface area contributed by atoms with Gasteiger partial charge in [0.25, 0.3) is 5.91 Å². The van der Waals surface area contributed by atoms with Gasteiger partial charge in [0, 0.05) is 22.5 Å². The molecule has 6 nitrogen and oxygen atoms in total. The molecule has 0 saturated carbocycles. The van der Waals surface area contributed by atoms with Crippen molar-refractivity contribution in [3.8, 4) is 28.8 Å². The van der Waals surface area contributed by atoms with Crippen LogP contribution in [0, 0.1) is 11.3 Å². The van der Waals surface area contributed by atoms with Crippen molar-refractivity contribution in [3.63, 3.8) is 0 Å². The summed E-state index contributed by atoms with van der Waals surface area (Å²) in [7, 11) is 1.52. The number of hydrogen-bond acceptors (Lipinski definition) is 6. The number of amides is 1. The van der Waals surface area contributed by atoms with Crippen LogP contribution in [0.25, 0.3) is 22.9 Å². The number of nitrogens with one attached hydrogen (secondary N) is 1. The molecule has 2 aromatic carbocycles. The van der Waals surface area contributed by atoms with E-state index in [4.69, 9.17) is 21.1 Å². The zero-order chi connectivity index (χ0) is 22.2. The second-order valence-corrected chi connectivity index (χ2v) is 7.66. The van der Waals surface area contributed by atoms with Crippen LogP contribution >= 0.6 is 22.9 Å². The third kappa shape index (κ3) is 5.85. The summed E-state index contributed by atoms with van der Waals surface area (Å²) in [6.07, 6.45) is 1.74. The van der Waals surface area contributed by atoms with E-state index in [1.807, 2.05) is 24.4 Å². The lowest BCUT2D eigenvalue weighted by molar-refractivity contribution is -0.123. The lowest BCUT2D eigenvalue weighted by Gasteiger charge is -2.11. The molecule has 1 amide bonds. The van der Waals surface area contributed by atoms with Gasteiger partial charge in [-0.1, -0.05) is 29.8 Å². The number of nitriles is 1. The zero-order valence-corrected chi connectivity index (χ0v) is 18.6. The molecule has 0 aliphatic carbocycles. The second-order valence-electron chi connectivity index (χ2n) is 6.37. The van der Waals surface area contributed by atoms with E-state index >= 15 is 0 Å². The highest BCUT2D eigenvalue weighted by Gasteiger charge is 2.11. The lowest BCUT2D eigenvalue weighted by atomic mass is 10.1. The first-order valence-electron chi connectivity index (χ1n) is 9.45. The molecular formula is C23H20ClN3O3S. The van der Waals surface area contributed by atoms with Crippen molar-refractivity contribution in [2.24, 2.45) is 0 Å². The number of benzene rings is 2. The Morgan fingerprint density at radius 3 is 2.71 bits per heavy atom. The minimum atomic E-state index is -0.208. The summed E-state index contributed by atoms with van der Waals surface area (Å²) >= 11 is 7.34. The predicted molar refractivity (Wildman–Crippen MR) is 123 cm³/mol. The fraction of sp³-hybridized carbons (Fsp3) is 0.174. The Morgan fingerprint density at radius 1 is 1.26 bits per heavy atom. The molecule has 3 rings (SSSR count). The van der Waals surface area contributed by atoms with Crippen LogP contribution in [0.3, 0.4) is 0 Å². The smallest absolute Gasteiger partial charge is 0.257 e. The molecule has 1 N–H and O–H groups in total. The highest BCUT2D eigenvalue weighted by atomic mass is 35.5. The molecule has 0 spiro atoms. The van der Waals surface area contributed by atoms with Crippen LogP contribution in [-0.4, -0.2) is 31.2 Å². The molecule has 0 saturated heterocycles. The van der Waals surface area contributed by atoms with E-state index in [2.05, 4.69) is 16.4 Å². The lowest BCUT2D eigenvalue weighted by Crippen LogP contribution is -2.28.